The molecule has 0 atom stereocenters. The van der Waals surface area contributed by atoms with E-state index in [1.165, 1.54) is 12.1 Å². The highest BCUT2D eigenvalue weighted by Crippen LogP contribution is 2.36. The van der Waals surface area contributed by atoms with Gasteiger partial charge in [0.15, 0.2) is 9.84 Å². The van der Waals surface area contributed by atoms with E-state index >= 15 is 0 Å². The van der Waals surface area contributed by atoms with E-state index in [1.807, 2.05) is 30.3 Å². The van der Waals surface area contributed by atoms with E-state index in [-0.39, 0.29) is 16.4 Å². The number of nitrogens with one attached hydrogen (secondary N) is 2. The minimum Gasteiger partial charge on any atom is -0.369 e. The molecule has 0 aliphatic rings. The molecule has 27 heavy (non-hydrogen) atoms. The lowest BCUT2D eigenvalue weighted by atomic mass is 9.99. The van der Waals surface area contributed by atoms with Crippen molar-refractivity contribution in [3.8, 4) is 22.4 Å². The molecule has 0 radical (unpaired) electrons. The zero-order chi connectivity index (χ0) is 19.2. The molecule has 2 aromatic carbocycles. The van der Waals surface area contributed by atoms with Crippen molar-refractivity contribution in [3.05, 3.63) is 65.0 Å². The van der Waals surface area contributed by atoms with Gasteiger partial charge in [-0.25, -0.2) is 8.42 Å². The number of nitrogens with zero attached hydrogens (tertiary/aromatic N) is 1. The Hall–Kier alpha value is -3.39. The predicted molar refractivity (Wildman–Crippen MR) is 105 cm³/mol. The largest absolute Gasteiger partial charge is 0.369 e. The van der Waals surface area contributed by atoms with E-state index in [1.54, 1.807) is 12.1 Å². The predicted octanol–water partition coefficient (Wildman–Crippen LogP) is 2.57. The molecule has 2 aromatic heterocycles. The molecule has 7 nitrogen and oxygen atoms in total. The van der Waals surface area contributed by atoms with Crippen LogP contribution in [0, 0.1) is 0 Å². The molecule has 136 valence electrons. The summed E-state index contributed by atoms with van der Waals surface area (Å²) in [5, 5.41) is 0.401. The number of rotatable bonds is 3. The van der Waals surface area contributed by atoms with E-state index in [9.17, 15) is 13.2 Å². The van der Waals surface area contributed by atoms with Crippen LogP contribution in [0.25, 0.3) is 33.4 Å². The Balaban J connectivity index is 2.03. The molecule has 2 heterocycles. The fourth-order valence-corrected chi connectivity index (χ4v) is 3.73. The first kappa shape index (κ1) is 17.0. The molecular weight excluding hydrogens is 364 g/mol. The normalized spacial score (nSPS) is 11.7. The summed E-state index contributed by atoms with van der Waals surface area (Å²) < 4.78 is 23.4. The van der Waals surface area contributed by atoms with Crippen molar-refractivity contribution in [2.24, 2.45) is 0 Å². The molecule has 0 unspecified atom stereocenters. The van der Waals surface area contributed by atoms with E-state index < -0.39 is 9.84 Å². The maximum absolute atomic E-state index is 12.5. The summed E-state index contributed by atoms with van der Waals surface area (Å²) in [5.74, 6) is 0.0207. The van der Waals surface area contributed by atoms with Crippen molar-refractivity contribution < 1.29 is 8.42 Å². The summed E-state index contributed by atoms with van der Waals surface area (Å²) in [6.45, 7) is 0. The van der Waals surface area contributed by atoms with Gasteiger partial charge < -0.3 is 10.7 Å². The molecule has 0 spiro atoms. The second kappa shape index (κ2) is 6.10. The topological polar surface area (TPSA) is 122 Å². The van der Waals surface area contributed by atoms with Gasteiger partial charge in [0.1, 0.15) is 5.65 Å². The van der Waals surface area contributed by atoms with Gasteiger partial charge in [0.25, 0.3) is 5.56 Å². The van der Waals surface area contributed by atoms with Gasteiger partial charge in [-0.3, -0.25) is 9.78 Å². The highest BCUT2D eigenvalue weighted by Gasteiger charge is 2.19. The molecule has 0 amide bonds. The fourth-order valence-electron chi connectivity index (χ4n) is 3.10. The standard InChI is InChI=1S/C19H16N4O3S/c1-27(25,26)13-9-7-12(8-10-13)16-14(11-5-3-2-4-6-11)15-17(21-16)22-19(20)23-18(15)24/h2-10H,1H3,(H4,20,21,22,23,24). The van der Waals surface area contributed by atoms with Crippen molar-refractivity contribution in [1.82, 2.24) is 15.0 Å². The van der Waals surface area contributed by atoms with Crippen LogP contribution in [0.5, 0.6) is 0 Å². The minimum atomic E-state index is -3.30. The lowest BCUT2D eigenvalue weighted by Gasteiger charge is -2.06. The number of aromatic amines is 2. The van der Waals surface area contributed by atoms with Crippen LogP contribution in [-0.4, -0.2) is 29.6 Å². The molecule has 0 saturated carbocycles. The number of sulfone groups is 1. The molecule has 0 fully saturated rings. The van der Waals surface area contributed by atoms with Crippen molar-refractivity contribution in [2.75, 3.05) is 12.0 Å². The second-order valence-corrected chi connectivity index (χ2v) is 8.23. The molecule has 4 N–H and O–H groups in total. The van der Waals surface area contributed by atoms with Crippen LogP contribution in [0.3, 0.4) is 0 Å². The average molecular weight is 380 g/mol. The highest BCUT2D eigenvalue weighted by atomic mass is 32.2. The van der Waals surface area contributed by atoms with Crippen LogP contribution in [0.2, 0.25) is 0 Å². The number of hydrogen-bond acceptors (Lipinski definition) is 5. The van der Waals surface area contributed by atoms with Crippen molar-refractivity contribution >= 4 is 26.8 Å². The molecule has 8 heteroatoms. The number of fused-ring (bicyclic) bond motifs is 1. The van der Waals surface area contributed by atoms with Crippen LogP contribution in [0.15, 0.2) is 64.3 Å². The SMILES string of the molecule is CS(=O)(=O)c1ccc(-c2[nH]c3nc(N)[nH]c(=O)c3c2-c2ccccc2)cc1. The molecule has 0 aliphatic carbocycles. The van der Waals surface area contributed by atoms with E-state index in [4.69, 9.17) is 5.73 Å². The van der Waals surface area contributed by atoms with E-state index in [0.29, 0.717) is 22.3 Å². The van der Waals surface area contributed by atoms with Crippen LogP contribution in [0.4, 0.5) is 5.95 Å². The van der Waals surface area contributed by atoms with Crippen molar-refractivity contribution in [1.29, 1.82) is 0 Å². The van der Waals surface area contributed by atoms with Gasteiger partial charge in [0, 0.05) is 11.8 Å². The number of hydrogen-bond donors (Lipinski definition) is 3. The first-order valence-electron chi connectivity index (χ1n) is 8.12. The van der Waals surface area contributed by atoms with Crippen molar-refractivity contribution in [2.45, 2.75) is 4.90 Å². The highest BCUT2D eigenvalue weighted by molar-refractivity contribution is 7.90. The Morgan fingerprint density at radius 2 is 1.59 bits per heavy atom. The summed E-state index contributed by atoms with van der Waals surface area (Å²) in [6.07, 6.45) is 1.16. The Morgan fingerprint density at radius 1 is 0.926 bits per heavy atom. The number of benzene rings is 2. The first-order chi connectivity index (χ1) is 12.8. The van der Waals surface area contributed by atoms with Gasteiger partial charge in [-0.15, -0.1) is 0 Å². The first-order valence-corrected chi connectivity index (χ1v) is 10.0. The third kappa shape index (κ3) is 3.00. The monoisotopic (exact) mass is 380 g/mol. The maximum atomic E-state index is 12.5. The molecular formula is C19H16N4O3S. The average Bonchev–Trinajstić information content (AvgIpc) is 3.01. The maximum Gasteiger partial charge on any atom is 0.262 e. The van der Waals surface area contributed by atoms with Crippen LogP contribution >= 0.6 is 0 Å². The lowest BCUT2D eigenvalue weighted by molar-refractivity contribution is 0.602. The minimum absolute atomic E-state index is 0.0207. The van der Waals surface area contributed by atoms with Crippen molar-refractivity contribution in [3.63, 3.8) is 0 Å². The van der Waals surface area contributed by atoms with Crippen LogP contribution in [-0.2, 0) is 9.84 Å². The van der Waals surface area contributed by atoms with Gasteiger partial charge in [-0.1, -0.05) is 42.5 Å². The van der Waals surface area contributed by atoms with Gasteiger partial charge in [-0.2, -0.15) is 4.98 Å². The molecule has 0 saturated heterocycles. The summed E-state index contributed by atoms with van der Waals surface area (Å²) >= 11 is 0. The number of H-pyrrole nitrogens is 2. The third-order valence-electron chi connectivity index (χ3n) is 4.31. The Bertz CT molecular complexity index is 1310. The van der Waals surface area contributed by atoms with Crippen LogP contribution in [0.1, 0.15) is 0 Å². The second-order valence-electron chi connectivity index (χ2n) is 6.21. The number of anilines is 1. The Morgan fingerprint density at radius 3 is 2.22 bits per heavy atom. The number of nitrogens with two attached hydrogens (primary N) is 1. The fraction of sp³-hybridized carbons (Fsp3) is 0.0526. The molecule has 0 aliphatic heterocycles. The Kier molecular flexibility index (Phi) is 3.85. The van der Waals surface area contributed by atoms with Gasteiger partial charge >= 0.3 is 0 Å². The van der Waals surface area contributed by atoms with Crippen LogP contribution < -0.4 is 11.3 Å². The Labute approximate surface area is 154 Å². The van der Waals surface area contributed by atoms with E-state index in [2.05, 4.69) is 15.0 Å². The van der Waals surface area contributed by atoms with Gasteiger partial charge in [0.05, 0.1) is 16.0 Å². The summed E-state index contributed by atoms with van der Waals surface area (Å²) in [7, 11) is -3.30. The van der Waals surface area contributed by atoms with Gasteiger partial charge in [0.2, 0.25) is 5.95 Å². The summed E-state index contributed by atoms with van der Waals surface area (Å²) in [4.78, 5) is 22.7. The third-order valence-corrected chi connectivity index (χ3v) is 5.44. The lowest BCUT2D eigenvalue weighted by Crippen LogP contribution is -2.10. The van der Waals surface area contributed by atoms with E-state index in [0.717, 1.165) is 17.4 Å². The van der Waals surface area contributed by atoms with Gasteiger partial charge in [-0.05, 0) is 23.3 Å². The number of aromatic nitrogens is 3. The zero-order valence-corrected chi connectivity index (χ0v) is 15.2. The number of nitrogen functional groups attached to an aromatic ring is 1. The summed E-state index contributed by atoms with van der Waals surface area (Å²) in [6, 6.07) is 15.9. The quantitative estimate of drug-likeness (QED) is 0.504. The smallest absolute Gasteiger partial charge is 0.262 e. The molecule has 4 aromatic rings. The molecule has 0 bridgehead atoms. The zero-order valence-electron chi connectivity index (χ0n) is 14.4. The molecule has 4 rings (SSSR count). The summed E-state index contributed by atoms with van der Waals surface area (Å²) in [5.41, 5.74) is 8.63.